The molecule has 0 radical (unpaired) electrons. The summed E-state index contributed by atoms with van der Waals surface area (Å²) in [5.41, 5.74) is 3.34. The van der Waals surface area contributed by atoms with Gasteiger partial charge >= 0.3 is 0 Å². The molecule has 0 saturated carbocycles. The molecule has 0 unspecified atom stereocenters. The van der Waals surface area contributed by atoms with Gasteiger partial charge in [-0.2, -0.15) is 0 Å². The van der Waals surface area contributed by atoms with Crippen molar-refractivity contribution >= 4 is 0 Å². The van der Waals surface area contributed by atoms with Crippen LogP contribution in [0.3, 0.4) is 0 Å². The van der Waals surface area contributed by atoms with Gasteiger partial charge in [-0.05, 0) is 18.1 Å². The number of aromatic nitrogens is 2. The van der Waals surface area contributed by atoms with E-state index in [-0.39, 0.29) is 0 Å². The van der Waals surface area contributed by atoms with E-state index >= 15 is 0 Å². The smallest absolute Gasteiger partial charge is 0.116 e. The Balaban J connectivity index is 2.28. The molecule has 1 heterocycles. The Morgan fingerprint density at radius 1 is 1.13 bits per heavy atom. The van der Waals surface area contributed by atoms with E-state index in [0.717, 1.165) is 17.7 Å². The Bertz CT molecular complexity index is 432. The summed E-state index contributed by atoms with van der Waals surface area (Å²) < 4.78 is 0. The van der Waals surface area contributed by atoms with Crippen LogP contribution in [0.5, 0.6) is 0 Å². The van der Waals surface area contributed by atoms with Crippen molar-refractivity contribution in [3.05, 3.63) is 61.1 Å². The van der Waals surface area contributed by atoms with Crippen LogP contribution in [0.2, 0.25) is 0 Å². The SMILES string of the molecule is C=CCc1ccc(-c2ccncn2)cc1. The maximum Gasteiger partial charge on any atom is 0.116 e. The van der Waals surface area contributed by atoms with Gasteiger partial charge in [-0.15, -0.1) is 6.58 Å². The zero-order valence-electron chi connectivity index (χ0n) is 8.43. The van der Waals surface area contributed by atoms with Gasteiger partial charge in [0.05, 0.1) is 5.69 Å². The lowest BCUT2D eigenvalue weighted by atomic mass is 10.1. The van der Waals surface area contributed by atoms with Crippen molar-refractivity contribution in [3.63, 3.8) is 0 Å². The molecule has 1 aromatic heterocycles. The van der Waals surface area contributed by atoms with Gasteiger partial charge in [-0.3, -0.25) is 0 Å². The lowest BCUT2D eigenvalue weighted by Gasteiger charge is -2.01. The molecule has 2 rings (SSSR count). The number of rotatable bonds is 3. The van der Waals surface area contributed by atoms with Crippen LogP contribution in [0.4, 0.5) is 0 Å². The molecule has 0 aliphatic heterocycles. The molecular weight excluding hydrogens is 184 g/mol. The number of benzene rings is 1. The zero-order valence-corrected chi connectivity index (χ0v) is 8.43. The minimum Gasteiger partial charge on any atom is -0.245 e. The second kappa shape index (κ2) is 4.51. The van der Waals surface area contributed by atoms with E-state index in [1.54, 1.807) is 12.5 Å². The quantitative estimate of drug-likeness (QED) is 0.705. The van der Waals surface area contributed by atoms with E-state index in [9.17, 15) is 0 Å². The highest BCUT2D eigenvalue weighted by atomic mass is 14.8. The van der Waals surface area contributed by atoms with E-state index < -0.39 is 0 Å². The lowest BCUT2D eigenvalue weighted by molar-refractivity contribution is 1.17. The fourth-order valence-electron chi connectivity index (χ4n) is 1.44. The Kier molecular flexibility index (Phi) is 2.88. The summed E-state index contributed by atoms with van der Waals surface area (Å²) in [6, 6.07) is 10.2. The topological polar surface area (TPSA) is 25.8 Å². The molecule has 1 aromatic carbocycles. The largest absolute Gasteiger partial charge is 0.245 e. The molecule has 2 heteroatoms. The number of hydrogen-bond acceptors (Lipinski definition) is 2. The van der Waals surface area contributed by atoms with E-state index in [1.807, 2.05) is 12.1 Å². The molecule has 0 atom stereocenters. The van der Waals surface area contributed by atoms with Gasteiger partial charge < -0.3 is 0 Å². The first kappa shape index (κ1) is 9.59. The predicted octanol–water partition coefficient (Wildman–Crippen LogP) is 2.87. The Morgan fingerprint density at radius 2 is 1.93 bits per heavy atom. The van der Waals surface area contributed by atoms with Crippen LogP contribution >= 0.6 is 0 Å². The molecule has 0 aliphatic rings. The highest BCUT2D eigenvalue weighted by molar-refractivity contribution is 5.58. The standard InChI is InChI=1S/C13H12N2/c1-2-3-11-4-6-12(7-5-11)13-8-9-14-10-15-13/h2,4-10H,1,3H2. The lowest BCUT2D eigenvalue weighted by Crippen LogP contribution is -1.85. The highest BCUT2D eigenvalue weighted by Crippen LogP contribution is 2.16. The number of allylic oxidation sites excluding steroid dienone is 1. The van der Waals surface area contributed by atoms with Gasteiger partial charge in [-0.1, -0.05) is 30.3 Å². The van der Waals surface area contributed by atoms with Gasteiger partial charge in [0.1, 0.15) is 6.33 Å². The summed E-state index contributed by atoms with van der Waals surface area (Å²) in [4.78, 5) is 8.09. The summed E-state index contributed by atoms with van der Waals surface area (Å²) in [5, 5.41) is 0. The second-order valence-corrected chi connectivity index (χ2v) is 3.28. The monoisotopic (exact) mass is 196 g/mol. The molecule has 0 spiro atoms. The maximum atomic E-state index is 4.19. The normalized spacial score (nSPS) is 9.87. The van der Waals surface area contributed by atoms with Gasteiger partial charge in [0.15, 0.2) is 0 Å². The van der Waals surface area contributed by atoms with Crippen LogP contribution in [0.1, 0.15) is 5.56 Å². The van der Waals surface area contributed by atoms with E-state index in [4.69, 9.17) is 0 Å². The predicted molar refractivity (Wildman–Crippen MR) is 61.4 cm³/mol. The highest BCUT2D eigenvalue weighted by Gasteiger charge is 1.97. The third-order valence-corrected chi connectivity index (χ3v) is 2.21. The van der Waals surface area contributed by atoms with Crippen molar-refractivity contribution in [1.82, 2.24) is 9.97 Å². The number of hydrogen-bond donors (Lipinski definition) is 0. The van der Waals surface area contributed by atoms with E-state index in [1.165, 1.54) is 5.56 Å². The van der Waals surface area contributed by atoms with Gasteiger partial charge in [0, 0.05) is 11.8 Å². The Labute approximate surface area is 89.3 Å². The molecule has 15 heavy (non-hydrogen) atoms. The van der Waals surface area contributed by atoms with Crippen LogP contribution in [-0.2, 0) is 6.42 Å². The molecule has 0 N–H and O–H groups in total. The van der Waals surface area contributed by atoms with Crippen molar-refractivity contribution in [1.29, 1.82) is 0 Å². The third-order valence-electron chi connectivity index (χ3n) is 2.21. The van der Waals surface area contributed by atoms with Crippen LogP contribution in [0.15, 0.2) is 55.5 Å². The van der Waals surface area contributed by atoms with Crippen molar-refractivity contribution < 1.29 is 0 Å². The first-order chi connectivity index (χ1) is 7.40. The number of nitrogens with zero attached hydrogens (tertiary/aromatic N) is 2. The average Bonchev–Trinajstić information content (AvgIpc) is 2.32. The minimum absolute atomic E-state index is 0.907. The summed E-state index contributed by atoms with van der Waals surface area (Å²) in [6.07, 6.45) is 6.12. The molecule has 0 aliphatic carbocycles. The Morgan fingerprint density at radius 3 is 2.53 bits per heavy atom. The van der Waals surface area contributed by atoms with Gasteiger partial charge in [0.25, 0.3) is 0 Å². The summed E-state index contributed by atoms with van der Waals surface area (Å²) >= 11 is 0. The average molecular weight is 196 g/mol. The molecule has 0 fully saturated rings. The molecule has 2 aromatic rings. The molecule has 0 bridgehead atoms. The van der Waals surface area contributed by atoms with E-state index in [0.29, 0.717) is 0 Å². The summed E-state index contributed by atoms with van der Waals surface area (Å²) in [6.45, 7) is 3.72. The van der Waals surface area contributed by atoms with Crippen LogP contribution < -0.4 is 0 Å². The van der Waals surface area contributed by atoms with Crippen LogP contribution in [0.25, 0.3) is 11.3 Å². The first-order valence-corrected chi connectivity index (χ1v) is 4.86. The van der Waals surface area contributed by atoms with Crippen molar-refractivity contribution in [2.45, 2.75) is 6.42 Å². The van der Waals surface area contributed by atoms with Crippen LogP contribution in [-0.4, -0.2) is 9.97 Å². The third kappa shape index (κ3) is 2.29. The van der Waals surface area contributed by atoms with Crippen molar-refractivity contribution in [2.24, 2.45) is 0 Å². The van der Waals surface area contributed by atoms with Crippen LogP contribution in [0, 0.1) is 0 Å². The van der Waals surface area contributed by atoms with Gasteiger partial charge in [-0.25, -0.2) is 9.97 Å². The molecule has 74 valence electrons. The minimum atomic E-state index is 0.907. The fraction of sp³-hybridized carbons (Fsp3) is 0.0769. The second-order valence-electron chi connectivity index (χ2n) is 3.28. The maximum absolute atomic E-state index is 4.19. The summed E-state index contributed by atoms with van der Waals surface area (Å²) in [7, 11) is 0. The zero-order chi connectivity index (χ0) is 10.5. The van der Waals surface area contributed by atoms with Crippen molar-refractivity contribution in [3.8, 4) is 11.3 Å². The van der Waals surface area contributed by atoms with Crippen molar-refractivity contribution in [2.75, 3.05) is 0 Å². The first-order valence-electron chi connectivity index (χ1n) is 4.86. The van der Waals surface area contributed by atoms with E-state index in [2.05, 4.69) is 40.8 Å². The molecule has 0 amide bonds. The molecule has 2 nitrogen and oxygen atoms in total. The Hall–Kier alpha value is -1.96. The molecular formula is C13H12N2. The fourth-order valence-corrected chi connectivity index (χ4v) is 1.44. The summed E-state index contributed by atoms with van der Waals surface area (Å²) in [5.74, 6) is 0. The molecule has 0 saturated heterocycles. The van der Waals surface area contributed by atoms with Gasteiger partial charge in [0.2, 0.25) is 0 Å².